The standard InChI is InChI=1S/C24H30N4O6/c1-5-16(3)26-23(30)24(31)28-25-14-17-10-11-20(21(12-17)33-6-2)34-15-22(29)27-18-8-7-9-19(13-18)32-4/h7-14,16H,5-6,15H2,1-4H3,(H,26,30)(H,27,29)(H,28,31)/b25-14-/t16-/m0/s1. The molecule has 0 saturated carbocycles. The maximum atomic E-state index is 12.3. The van der Waals surface area contributed by atoms with Gasteiger partial charge >= 0.3 is 11.8 Å². The fourth-order valence-electron chi connectivity index (χ4n) is 2.64. The summed E-state index contributed by atoms with van der Waals surface area (Å²) in [6.07, 6.45) is 2.08. The molecule has 10 heteroatoms. The molecule has 0 aliphatic rings. The average molecular weight is 471 g/mol. The average Bonchev–Trinajstić information content (AvgIpc) is 2.83. The number of hydrogen-bond acceptors (Lipinski definition) is 7. The van der Waals surface area contributed by atoms with E-state index in [9.17, 15) is 14.4 Å². The normalized spacial score (nSPS) is 11.4. The Balaban J connectivity index is 1.96. The van der Waals surface area contributed by atoms with E-state index in [4.69, 9.17) is 14.2 Å². The molecule has 0 radical (unpaired) electrons. The first-order valence-electron chi connectivity index (χ1n) is 10.8. The fourth-order valence-corrected chi connectivity index (χ4v) is 2.64. The van der Waals surface area contributed by atoms with E-state index in [2.05, 4.69) is 21.2 Å². The summed E-state index contributed by atoms with van der Waals surface area (Å²) in [6.45, 7) is 5.66. The second-order valence-electron chi connectivity index (χ2n) is 7.19. The summed E-state index contributed by atoms with van der Waals surface area (Å²) in [7, 11) is 1.55. The number of rotatable bonds is 11. The Kier molecular flexibility index (Phi) is 10.4. The third-order valence-electron chi connectivity index (χ3n) is 4.56. The Morgan fingerprint density at radius 1 is 1.03 bits per heavy atom. The van der Waals surface area contributed by atoms with Gasteiger partial charge in [0.15, 0.2) is 18.1 Å². The lowest BCUT2D eigenvalue weighted by Crippen LogP contribution is -2.41. The first kappa shape index (κ1) is 26.2. The molecule has 0 bridgehead atoms. The molecular formula is C24H30N4O6. The van der Waals surface area contributed by atoms with Gasteiger partial charge in [0.25, 0.3) is 5.91 Å². The monoisotopic (exact) mass is 470 g/mol. The van der Waals surface area contributed by atoms with Crippen LogP contribution in [0.2, 0.25) is 0 Å². The minimum atomic E-state index is -0.858. The SMILES string of the molecule is CCOc1cc(/C=N\NC(=O)C(=O)N[C@@H](C)CC)ccc1OCC(=O)Nc1cccc(OC)c1. The number of hydrazone groups is 1. The first-order valence-corrected chi connectivity index (χ1v) is 10.8. The Hall–Kier alpha value is -4.08. The summed E-state index contributed by atoms with van der Waals surface area (Å²) >= 11 is 0. The highest BCUT2D eigenvalue weighted by Crippen LogP contribution is 2.28. The largest absolute Gasteiger partial charge is 0.497 e. The van der Waals surface area contributed by atoms with Crippen LogP contribution >= 0.6 is 0 Å². The molecule has 3 amide bonds. The molecule has 182 valence electrons. The lowest BCUT2D eigenvalue weighted by atomic mass is 10.2. The Morgan fingerprint density at radius 2 is 1.82 bits per heavy atom. The van der Waals surface area contributed by atoms with Crippen molar-refractivity contribution < 1.29 is 28.6 Å². The van der Waals surface area contributed by atoms with E-state index >= 15 is 0 Å². The van der Waals surface area contributed by atoms with Gasteiger partial charge in [-0.1, -0.05) is 13.0 Å². The van der Waals surface area contributed by atoms with Crippen LogP contribution in [0.5, 0.6) is 17.2 Å². The zero-order chi connectivity index (χ0) is 24.9. The van der Waals surface area contributed by atoms with Crippen LogP contribution in [0.15, 0.2) is 47.6 Å². The van der Waals surface area contributed by atoms with Crippen LogP contribution in [0.1, 0.15) is 32.8 Å². The summed E-state index contributed by atoms with van der Waals surface area (Å²) < 4.78 is 16.4. The van der Waals surface area contributed by atoms with Gasteiger partial charge in [0.2, 0.25) is 0 Å². The summed E-state index contributed by atoms with van der Waals surface area (Å²) in [6, 6.07) is 11.8. The van der Waals surface area contributed by atoms with Crippen molar-refractivity contribution in [2.75, 3.05) is 25.6 Å². The lowest BCUT2D eigenvalue weighted by molar-refractivity contribution is -0.139. The van der Waals surface area contributed by atoms with Crippen molar-refractivity contribution in [3.63, 3.8) is 0 Å². The van der Waals surface area contributed by atoms with Crippen LogP contribution < -0.4 is 30.3 Å². The predicted molar refractivity (Wildman–Crippen MR) is 128 cm³/mol. The smallest absolute Gasteiger partial charge is 0.329 e. The van der Waals surface area contributed by atoms with Crippen molar-refractivity contribution in [3.8, 4) is 17.2 Å². The molecule has 2 aromatic rings. The molecule has 0 spiro atoms. The van der Waals surface area contributed by atoms with Gasteiger partial charge in [-0.2, -0.15) is 5.10 Å². The highest BCUT2D eigenvalue weighted by atomic mass is 16.5. The fraction of sp³-hybridized carbons (Fsp3) is 0.333. The van der Waals surface area contributed by atoms with E-state index in [1.165, 1.54) is 6.21 Å². The number of nitrogens with zero attached hydrogens (tertiary/aromatic N) is 1. The molecule has 0 heterocycles. The van der Waals surface area contributed by atoms with E-state index in [1.807, 2.05) is 13.8 Å². The van der Waals surface area contributed by atoms with Gasteiger partial charge in [0.1, 0.15) is 5.75 Å². The van der Waals surface area contributed by atoms with Gasteiger partial charge < -0.3 is 24.8 Å². The molecule has 34 heavy (non-hydrogen) atoms. The highest BCUT2D eigenvalue weighted by Gasteiger charge is 2.14. The van der Waals surface area contributed by atoms with Gasteiger partial charge in [0, 0.05) is 17.8 Å². The number of anilines is 1. The minimum Gasteiger partial charge on any atom is -0.497 e. The minimum absolute atomic E-state index is 0.110. The molecule has 0 aromatic heterocycles. The predicted octanol–water partition coefficient (Wildman–Crippen LogP) is 2.48. The van der Waals surface area contributed by atoms with Crippen molar-refractivity contribution in [3.05, 3.63) is 48.0 Å². The van der Waals surface area contributed by atoms with Crippen LogP contribution in [0, 0.1) is 0 Å². The lowest BCUT2D eigenvalue weighted by Gasteiger charge is -2.13. The number of benzene rings is 2. The number of ether oxygens (including phenoxy) is 3. The van der Waals surface area contributed by atoms with E-state index in [0.29, 0.717) is 41.5 Å². The zero-order valence-electron chi connectivity index (χ0n) is 19.7. The second-order valence-corrected chi connectivity index (χ2v) is 7.19. The van der Waals surface area contributed by atoms with Crippen molar-refractivity contribution >= 4 is 29.6 Å². The molecule has 3 N–H and O–H groups in total. The first-order chi connectivity index (χ1) is 16.4. The molecule has 1 atom stereocenters. The van der Waals surface area contributed by atoms with Crippen LogP contribution in [-0.4, -0.2) is 50.3 Å². The van der Waals surface area contributed by atoms with E-state index < -0.39 is 11.8 Å². The molecule has 0 aliphatic carbocycles. The number of carbonyl (C=O) groups excluding carboxylic acids is 3. The third kappa shape index (κ3) is 8.45. The van der Waals surface area contributed by atoms with Crippen molar-refractivity contribution in [2.45, 2.75) is 33.2 Å². The van der Waals surface area contributed by atoms with Crippen LogP contribution in [-0.2, 0) is 14.4 Å². The number of nitrogens with one attached hydrogen (secondary N) is 3. The van der Waals surface area contributed by atoms with E-state index in [0.717, 1.165) is 0 Å². The van der Waals surface area contributed by atoms with Crippen molar-refractivity contribution in [1.82, 2.24) is 10.7 Å². The maximum absolute atomic E-state index is 12.3. The van der Waals surface area contributed by atoms with Gasteiger partial charge in [-0.15, -0.1) is 0 Å². The quantitative estimate of drug-likeness (QED) is 0.263. The summed E-state index contributed by atoms with van der Waals surface area (Å²) in [5.41, 5.74) is 3.37. The summed E-state index contributed by atoms with van der Waals surface area (Å²) in [4.78, 5) is 35.8. The van der Waals surface area contributed by atoms with Gasteiger partial charge in [0.05, 0.1) is 19.9 Å². The third-order valence-corrected chi connectivity index (χ3v) is 4.56. The highest BCUT2D eigenvalue weighted by molar-refractivity contribution is 6.35. The Labute approximate surface area is 198 Å². The molecule has 2 rings (SSSR count). The van der Waals surface area contributed by atoms with Crippen molar-refractivity contribution in [2.24, 2.45) is 5.10 Å². The van der Waals surface area contributed by atoms with Gasteiger partial charge in [-0.05, 0) is 56.2 Å². The molecule has 0 saturated heterocycles. The molecule has 10 nitrogen and oxygen atoms in total. The summed E-state index contributed by atoms with van der Waals surface area (Å²) in [5, 5.41) is 9.09. The topological polar surface area (TPSA) is 127 Å². The van der Waals surface area contributed by atoms with Gasteiger partial charge in [-0.3, -0.25) is 14.4 Å². The molecule has 2 aromatic carbocycles. The number of carbonyl (C=O) groups is 3. The number of amides is 3. The second kappa shape index (κ2) is 13.5. The van der Waals surface area contributed by atoms with Crippen LogP contribution in [0.25, 0.3) is 0 Å². The van der Waals surface area contributed by atoms with Crippen LogP contribution in [0.4, 0.5) is 5.69 Å². The molecule has 0 unspecified atom stereocenters. The zero-order valence-corrected chi connectivity index (χ0v) is 19.7. The Bertz CT molecular complexity index is 1020. The van der Waals surface area contributed by atoms with Gasteiger partial charge in [-0.25, -0.2) is 5.43 Å². The molecular weight excluding hydrogens is 440 g/mol. The number of hydrogen-bond donors (Lipinski definition) is 3. The van der Waals surface area contributed by atoms with E-state index in [-0.39, 0.29) is 18.6 Å². The summed E-state index contributed by atoms with van der Waals surface area (Å²) in [5.74, 6) is -0.555. The molecule has 0 aliphatic heterocycles. The molecule has 0 fully saturated rings. The van der Waals surface area contributed by atoms with E-state index in [1.54, 1.807) is 56.5 Å². The Morgan fingerprint density at radius 3 is 2.53 bits per heavy atom. The maximum Gasteiger partial charge on any atom is 0.329 e. The van der Waals surface area contributed by atoms with Crippen molar-refractivity contribution in [1.29, 1.82) is 0 Å². The van der Waals surface area contributed by atoms with Crippen LogP contribution in [0.3, 0.4) is 0 Å². The number of methoxy groups -OCH3 is 1.